The maximum Gasteiger partial charge on any atom is 0.264 e. The van der Waals surface area contributed by atoms with Crippen LogP contribution in [-0.4, -0.2) is 32.9 Å². The smallest absolute Gasteiger partial charge is 0.264 e. The molecule has 3 N–H and O–H groups in total. The molecule has 0 saturated carbocycles. The van der Waals surface area contributed by atoms with Gasteiger partial charge in [0.15, 0.2) is 16.3 Å². The van der Waals surface area contributed by atoms with Crippen LogP contribution in [0.2, 0.25) is 0 Å². The largest absolute Gasteiger partial charge is 0.494 e. The number of hydrogen-bond acceptors (Lipinski definition) is 7. The molecule has 0 amide bonds. The second-order valence-corrected chi connectivity index (χ2v) is 7.16. The minimum atomic E-state index is -0.603. The van der Waals surface area contributed by atoms with Crippen LogP contribution in [0.15, 0.2) is 9.79 Å². The predicted molar refractivity (Wildman–Crippen MR) is 104 cm³/mol. The van der Waals surface area contributed by atoms with Crippen LogP contribution < -0.4 is 5.56 Å². The number of aliphatic imine (C=N–C) groups is 1. The number of thiophene rings is 1. The molecule has 0 fully saturated rings. The van der Waals surface area contributed by atoms with Crippen molar-refractivity contribution in [1.82, 2.24) is 9.97 Å². The Morgan fingerprint density at radius 3 is 2.62 bits per heavy atom. The van der Waals surface area contributed by atoms with E-state index in [4.69, 9.17) is 12.2 Å². The Morgan fingerprint density at radius 1 is 1.35 bits per heavy atom. The van der Waals surface area contributed by atoms with E-state index in [9.17, 15) is 19.5 Å². The highest BCUT2D eigenvalue weighted by molar-refractivity contribution is 7.71. The molecular weight excluding hydrogens is 374 g/mol. The molecule has 2 rings (SSSR count). The summed E-state index contributed by atoms with van der Waals surface area (Å²) < 4.78 is -0.00841. The summed E-state index contributed by atoms with van der Waals surface area (Å²) in [6, 6.07) is 0. The highest BCUT2D eigenvalue weighted by Gasteiger charge is 2.22. The van der Waals surface area contributed by atoms with Gasteiger partial charge in [0.2, 0.25) is 5.88 Å². The van der Waals surface area contributed by atoms with Gasteiger partial charge in [0.1, 0.15) is 10.6 Å². The average Bonchev–Trinajstić information content (AvgIpc) is 2.88. The lowest BCUT2D eigenvalue weighted by atomic mass is 10.0. The van der Waals surface area contributed by atoms with Crippen LogP contribution in [0.4, 0.5) is 5.00 Å². The minimum absolute atomic E-state index is 0.00841. The van der Waals surface area contributed by atoms with E-state index in [1.54, 1.807) is 6.92 Å². The first-order valence-electron chi connectivity index (χ1n) is 8.03. The number of nitrogens with one attached hydrogen (secondary N) is 2. The zero-order valence-corrected chi connectivity index (χ0v) is 16.3. The number of aromatic hydroxyl groups is 1. The van der Waals surface area contributed by atoms with E-state index in [1.165, 1.54) is 6.92 Å². The second-order valence-electron chi connectivity index (χ2n) is 5.75. The maximum atomic E-state index is 12.6. The summed E-state index contributed by atoms with van der Waals surface area (Å²) in [4.78, 5) is 45.7. The summed E-state index contributed by atoms with van der Waals surface area (Å²) in [5.74, 6) is -0.657. The molecule has 2 heterocycles. The molecule has 2 aromatic heterocycles. The fourth-order valence-electron chi connectivity index (χ4n) is 2.44. The van der Waals surface area contributed by atoms with Crippen molar-refractivity contribution in [3.63, 3.8) is 0 Å². The van der Waals surface area contributed by atoms with Crippen LogP contribution in [0.3, 0.4) is 0 Å². The van der Waals surface area contributed by atoms with Gasteiger partial charge >= 0.3 is 0 Å². The Bertz CT molecular complexity index is 998. The first-order valence-corrected chi connectivity index (χ1v) is 9.25. The topological polar surface area (TPSA) is 115 Å². The average molecular weight is 393 g/mol. The standard InChI is InChI=1S/C17H19N3O4S2/c1-4-5-6-11(22)12-8(2)13(9(3)21)26-16(12)18-7-10-14(23)19-17(25)20-15(10)24/h7H,4-6H2,1-3H3,(H3,19,20,23,24,25)/b18-7+. The Morgan fingerprint density at radius 2 is 2.04 bits per heavy atom. The number of carbonyl (C=O) groups excluding carboxylic acids is 2. The summed E-state index contributed by atoms with van der Waals surface area (Å²) in [5.41, 5.74) is 0.279. The molecule has 138 valence electrons. The molecule has 0 spiro atoms. The minimum Gasteiger partial charge on any atom is -0.494 e. The number of hydrogen-bond donors (Lipinski definition) is 3. The first-order chi connectivity index (χ1) is 12.3. The number of Topliss-reactive ketones (excluding diaryl/α,β-unsaturated/α-hetero) is 2. The molecule has 0 radical (unpaired) electrons. The lowest BCUT2D eigenvalue weighted by molar-refractivity contribution is 0.0980. The van der Waals surface area contributed by atoms with Crippen LogP contribution in [-0.2, 0) is 0 Å². The Labute approximate surface area is 158 Å². The highest BCUT2D eigenvalue weighted by atomic mass is 32.1. The van der Waals surface area contributed by atoms with Crippen molar-refractivity contribution in [3.05, 3.63) is 36.7 Å². The van der Waals surface area contributed by atoms with Crippen molar-refractivity contribution >= 4 is 46.3 Å². The predicted octanol–water partition coefficient (Wildman–Crippen LogP) is 3.83. The number of nitrogens with zero attached hydrogens (tertiary/aromatic N) is 1. The summed E-state index contributed by atoms with van der Waals surface area (Å²) in [6.45, 7) is 5.14. The van der Waals surface area contributed by atoms with Crippen molar-refractivity contribution in [2.45, 2.75) is 40.0 Å². The Hall–Kier alpha value is -2.39. The van der Waals surface area contributed by atoms with Crippen LogP contribution in [0.25, 0.3) is 0 Å². The number of carbonyl (C=O) groups is 2. The Balaban J connectivity index is 2.53. The zero-order valence-electron chi connectivity index (χ0n) is 14.6. The molecule has 0 atom stereocenters. The number of H-pyrrole nitrogens is 2. The van der Waals surface area contributed by atoms with Gasteiger partial charge in [-0.2, -0.15) is 0 Å². The van der Waals surface area contributed by atoms with E-state index >= 15 is 0 Å². The van der Waals surface area contributed by atoms with E-state index in [2.05, 4.69) is 15.0 Å². The van der Waals surface area contributed by atoms with Gasteiger partial charge in [0.05, 0.1) is 10.4 Å². The molecule has 0 aliphatic carbocycles. The van der Waals surface area contributed by atoms with Crippen molar-refractivity contribution in [2.24, 2.45) is 4.99 Å². The van der Waals surface area contributed by atoms with Gasteiger partial charge in [-0.3, -0.25) is 19.4 Å². The van der Waals surface area contributed by atoms with Crippen molar-refractivity contribution < 1.29 is 14.7 Å². The molecule has 0 saturated heterocycles. The van der Waals surface area contributed by atoms with Gasteiger partial charge in [-0.25, -0.2) is 4.99 Å². The highest BCUT2D eigenvalue weighted by Crippen LogP contribution is 2.36. The number of ketones is 2. The number of aromatic nitrogens is 2. The molecule has 7 nitrogen and oxygen atoms in total. The van der Waals surface area contributed by atoms with Crippen LogP contribution in [0, 0.1) is 11.7 Å². The maximum absolute atomic E-state index is 12.6. The summed E-state index contributed by atoms with van der Waals surface area (Å²) in [5, 5.41) is 10.2. The number of rotatable bonds is 7. The lowest BCUT2D eigenvalue weighted by Crippen LogP contribution is -2.13. The van der Waals surface area contributed by atoms with Crippen molar-refractivity contribution in [3.8, 4) is 5.88 Å². The van der Waals surface area contributed by atoms with Crippen LogP contribution in [0.1, 0.15) is 64.3 Å². The van der Waals surface area contributed by atoms with E-state index in [0.717, 1.165) is 30.4 Å². The molecule has 9 heteroatoms. The lowest BCUT2D eigenvalue weighted by Gasteiger charge is -2.02. The van der Waals surface area contributed by atoms with Gasteiger partial charge in [-0.1, -0.05) is 13.3 Å². The fourth-order valence-corrected chi connectivity index (χ4v) is 3.70. The third-order valence-electron chi connectivity index (χ3n) is 3.75. The van der Waals surface area contributed by atoms with E-state index in [0.29, 0.717) is 27.4 Å². The van der Waals surface area contributed by atoms with Crippen LogP contribution >= 0.6 is 23.6 Å². The fraction of sp³-hybridized carbons (Fsp3) is 0.353. The zero-order chi connectivity index (χ0) is 19.4. The Kier molecular flexibility index (Phi) is 6.38. The molecular formula is C17H19N3O4S2. The van der Waals surface area contributed by atoms with Gasteiger partial charge in [0.25, 0.3) is 5.56 Å². The molecule has 0 aliphatic heterocycles. The van der Waals surface area contributed by atoms with Gasteiger partial charge in [0, 0.05) is 12.6 Å². The third-order valence-corrected chi connectivity index (χ3v) is 5.26. The number of unbranched alkanes of at least 4 members (excludes halogenated alkanes) is 1. The van der Waals surface area contributed by atoms with Gasteiger partial charge < -0.3 is 10.1 Å². The molecule has 0 aromatic carbocycles. The first kappa shape index (κ1) is 19.9. The van der Waals surface area contributed by atoms with Crippen molar-refractivity contribution in [2.75, 3.05) is 0 Å². The summed E-state index contributed by atoms with van der Waals surface area (Å²) in [7, 11) is 0. The van der Waals surface area contributed by atoms with E-state index in [1.807, 2.05) is 6.92 Å². The van der Waals surface area contributed by atoms with Crippen molar-refractivity contribution in [1.29, 1.82) is 0 Å². The molecule has 26 heavy (non-hydrogen) atoms. The van der Waals surface area contributed by atoms with E-state index < -0.39 is 11.4 Å². The molecule has 2 aromatic rings. The molecule has 0 bridgehead atoms. The molecule has 0 unspecified atom stereocenters. The SMILES string of the molecule is CCCCC(=O)c1c(/N=C/c2c(O)[nH]c(=S)[nH]c2=O)sc(C(C)=O)c1C. The van der Waals surface area contributed by atoms with Crippen LogP contribution in [0.5, 0.6) is 5.88 Å². The normalized spacial score (nSPS) is 11.2. The van der Waals surface area contributed by atoms with Gasteiger partial charge in [-0.05, 0) is 38.0 Å². The second kappa shape index (κ2) is 8.33. The quantitative estimate of drug-likeness (QED) is 0.376. The summed E-state index contributed by atoms with van der Waals surface area (Å²) in [6.07, 6.45) is 3.13. The monoisotopic (exact) mass is 393 g/mol. The van der Waals surface area contributed by atoms with E-state index in [-0.39, 0.29) is 21.9 Å². The molecule has 0 aliphatic rings. The number of aromatic amines is 2. The third kappa shape index (κ3) is 4.23. The van der Waals surface area contributed by atoms with Gasteiger partial charge in [-0.15, -0.1) is 11.3 Å². The summed E-state index contributed by atoms with van der Waals surface area (Å²) >= 11 is 5.87.